The largest absolute Gasteiger partial charge is 0.468 e. The molecule has 1 heterocycles. The zero-order valence-electron chi connectivity index (χ0n) is 9.02. The second-order valence-corrected chi connectivity index (χ2v) is 5.10. The lowest BCUT2D eigenvalue weighted by Crippen LogP contribution is -2.46. The summed E-state index contributed by atoms with van der Waals surface area (Å²) < 4.78 is 7.50. The fraction of sp³-hybridized carbons (Fsp3) is 0.600. The molecule has 1 aromatic rings. The van der Waals surface area contributed by atoms with E-state index in [0.29, 0.717) is 12.8 Å². The van der Waals surface area contributed by atoms with Crippen LogP contribution >= 0.6 is 15.9 Å². The van der Waals surface area contributed by atoms with E-state index in [1.807, 2.05) is 10.9 Å². The number of hydrogen-bond acceptors (Lipinski definition) is 4. The monoisotopic (exact) mass is 287 g/mol. The maximum absolute atomic E-state index is 11.5. The number of ether oxygens (including phenoxy) is 1. The van der Waals surface area contributed by atoms with E-state index in [1.54, 1.807) is 6.20 Å². The van der Waals surface area contributed by atoms with Gasteiger partial charge in [-0.1, -0.05) is 0 Å². The van der Waals surface area contributed by atoms with E-state index < -0.39 is 5.54 Å². The Morgan fingerprint density at radius 1 is 1.81 bits per heavy atom. The molecule has 5 nitrogen and oxygen atoms in total. The van der Waals surface area contributed by atoms with Crippen LogP contribution in [0, 0.1) is 0 Å². The second kappa shape index (κ2) is 4.18. The molecule has 0 aromatic carbocycles. The van der Waals surface area contributed by atoms with Crippen molar-refractivity contribution >= 4 is 21.9 Å². The number of carbonyl (C=O) groups is 1. The number of hydrogen-bond donors (Lipinski definition) is 1. The standard InChI is InChI=1S/C10H14BrN3O2/c1-16-9(15)10(12)3-2-8(4-10)14-6-7(11)5-13-14/h5-6,8H,2-4,12H2,1H3. The number of nitrogens with two attached hydrogens (primary N) is 1. The summed E-state index contributed by atoms with van der Waals surface area (Å²) in [5, 5.41) is 4.21. The molecule has 0 radical (unpaired) electrons. The van der Waals surface area contributed by atoms with Gasteiger partial charge in [-0.3, -0.25) is 9.48 Å². The van der Waals surface area contributed by atoms with E-state index in [0.717, 1.165) is 10.9 Å². The molecule has 0 saturated heterocycles. The Hall–Kier alpha value is -0.880. The summed E-state index contributed by atoms with van der Waals surface area (Å²) in [6.07, 6.45) is 5.69. The molecule has 6 heteroatoms. The summed E-state index contributed by atoms with van der Waals surface area (Å²) in [6.45, 7) is 0. The van der Waals surface area contributed by atoms with Crippen LogP contribution in [-0.2, 0) is 9.53 Å². The zero-order chi connectivity index (χ0) is 11.8. The quantitative estimate of drug-likeness (QED) is 0.831. The maximum Gasteiger partial charge on any atom is 0.325 e. The minimum atomic E-state index is -0.849. The van der Waals surface area contributed by atoms with Gasteiger partial charge in [0.05, 0.1) is 23.8 Å². The van der Waals surface area contributed by atoms with Crippen LogP contribution in [0.1, 0.15) is 25.3 Å². The third-order valence-corrected chi connectivity index (χ3v) is 3.47. The van der Waals surface area contributed by atoms with Gasteiger partial charge in [0.15, 0.2) is 0 Å². The van der Waals surface area contributed by atoms with Gasteiger partial charge in [-0.15, -0.1) is 0 Å². The summed E-state index contributed by atoms with van der Waals surface area (Å²) in [7, 11) is 1.37. The van der Waals surface area contributed by atoms with Crippen molar-refractivity contribution in [3.63, 3.8) is 0 Å². The molecule has 1 aromatic heterocycles. The molecule has 1 saturated carbocycles. The molecule has 16 heavy (non-hydrogen) atoms. The van der Waals surface area contributed by atoms with Gasteiger partial charge in [0.25, 0.3) is 0 Å². The highest BCUT2D eigenvalue weighted by Gasteiger charge is 2.43. The first-order chi connectivity index (χ1) is 7.55. The van der Waals surface area contributed by atoms with Gasteiger partial charge in [-0.25, -0.2) is 0 Å². The van der Waals surface area contributed by atoms with E-state index in [1.165, 1.54) is 7.11 Å². The number of nitrogens with zero attached hydrogens (tertiary/aromatic N) is 2. The molecule has 0 aliphatic heterocycles. The Kier molecular flexibility index (Phi) is 3.03. The van der Waals surface area contributed by atoms with Crippen molar-refractivity contribution in [1.29, 1.82) is 0 Å². The lowest BCUT2D eigenvalue weighted by Gasteiger charge is -2.20. The van der Waals surface area contributed by atoms with Crippen LogP contribution in [-0.4, -0.2) is 28.4 Å². The maximum atomic E-state index is 11.5. The van der Waals surface area contributed by atoms with E-state index in [4.69, 9.17) is 10.5 Å². The molecular formula is C10H14BrN3O2. The van der Waals surface area contributed by atoms with Gasteiger partial charge in [-0.2, -0.15) is 5.10 Å². The Bertz CT molecular complexity index is 407. The molecule has 1 aliphatic rings. The van der Waals surface area contributed by atoms with E-state index in [2.05, 4.69) is 21.0 Å². The fourth-order valence-electron chi connectivity index (χ4n) is 2.18. The van der Waals surface area contributed by atoms with Crippen LogP contribution in [0.4, 0.5) is 0 Å². The highest BCUT2D eigenvalue weighted by Crippen LogP contribution is 2.36. The molecule has 2 unspecified atom stereocenters. The van der Waals surface area contributed by atoms with Gasteiger partial charge in [-0.05, 0) is 35.2 Å². The number of aromatic nitrogens is 2. The third-order valence-electron chi connectivity index (χ3n) is 3.06. The van der Waals surface area contributed by atoms with E-state index >= 15 is 0 Å². The van der Waals surface area contributed by atoms with Crippen molar-refractivity contribution in [2.75, 3.05) is 7.11 Å². The van der Waals surface area contributed by atoms with Gasteiger partial charge < -0.3 is 10.5 Å². The average Bonchev–Trinajstić information content (AvgIpc) is 2.84. The molecule has 88 valence electrons. The molecule has 0 spiro atoms. The summed E-state index contributed by atoms with van der Waals surface area (Å²) in [5.74, 6) is -0.332. The zero-order valence-corrected chi connectivity index (χ0v) is 10.6. The predicted molar refractivity (Wildman–Crippen MR) is 61.7 cm³/mol. The summed E-state index contributed by atoms with van der Waals surface area (Å²) >= 11 is 3.34. The molecule has 1 aliphatic carbocycles. The Balaban J connectivity index is 2.11. The van der Waals surface area contributed by atoms with E-state index in [9.17, 15) is 4.79 Å². The van der Waals surface area contributed by atoms with Gasteiger partial charge in [0.2, 0.25) is 0 Å². The smallest absolute Gasteiger partial charge is 0.325 e. The molecule has 0 amide bonds. The minimum Gasteiger partial charge on any atom is -0.468 e. The van der Waals surface area contributed by atoms with Crippen molar-refractivity contribution in [3.05, 3.63) is 16.9 Å². The topological polar surface area (TPSA) is 70.1 Å². The Morgan fingerprint density at radius 3 is 3.12 bits per heavy atom. The lowest BCUT2D eigenvalue weighted by molar-refractivity contribution is -0.146. The lowest BCUT2D eigenvalue weighted by atomic mass is 9.99. The Morgan fingerprint density at radius 2 is 2.56 bits per heavy atom. The van der Waals surface area contributed by atoms with Gasteiger partial charge in [0, 0.05) is 6.20 Å². The van der Waals surface area contributed by atoms with Crippen LogP contribution in [0.3, 0.4) is 0 Å². The number of methoxy groups -OCH3 is 1. The van der Waals surface area contributed by atoms with E-state index in [-0.39, 0.29) is 12.0 Å². The van der Waals surface area contributed by atoms with Crippen molar-refractivity contribution in [2.24, 2.45) is 5.73 Å². The summed E-state index contributed by atoms with van der Waals surface area (Å²) in [5.41, 5.74) is 5.17. The first-order valence-corrected chi connectivity index (χ1v) is 5.91. The van der Waals surface area contributed by atoms with Gasteiger partial charge >= 0.3 is 5.97 Å². The van der Waals surface area contributed by atoms with Crippen LogP contribution in [0.5, 0.6) is 0 Å². The molecular weight excluding hydrogens is 274 g/mol. The SMILES string of the molecule is COC(=O)C1(N)CCC(n2cc(Br)cn2)C1. The summed E-state index contributed by atoms with van der Waals surface area (Å²) in [4.78, 5) is 11.5. The highest BCUT2D eigenvalue weighted by molar-refractivity contribution is 9.10. The molecule has 1 fully saturated rings. The minimum absolute atomic E-state index is 0.176. The highest BCUT2D eigenvalue weighted by atomic mass is 79.9. The predicted octanol–water partition coefficient (Wildman–Crippen LogP) is 1.24. The van der Waals surface area contributed by atoms with Crippen molar-refractivity contribution < 1.29 is 9.53 Å². The molecule has 2 atom stereocenters. The second-order valence-electron chi connectivity index (χ2n) is 4.18. The summed E-state index contributed by atoms with van der Waals surface area (Å²) in [6, 6.07) is 0.176. The van der Waals surface area contributed by atoms with Crippen LogP contribution in [0.2, 0.25) is 0 Å². The van der Waals surface area contributed by atoms with Gasteiger partial charge in [0.1, 0.15) is 5.54 Å². The number of rotatable bonds is 2. The number of carbonyl (C=O) groups excluding carboxylic acids is 1. The van der Waals surface area contributed by atoms with Crippen molar-refractivity contribution in [2.45, 2.75) is 30.8 Å². The number of esters is 1. The van der Waals surface area contributed by atoms with Crippen LogP contribution in [0.25, 0.3) is 0 Å². The number of halogens is 1. The molecule has 2 rings (SSSR count). The third kappa shape index (κ3) is 1.99. The van der Waals surface area contributed by atoms with Crippen LogP contribution in [0.15, 0.2) is 16.9 Å². The normalized spacial score (nSPS) is 29.3. The first kappa shape index (κ1) is 11.6. The Labute approximate surface area is 102 Å². The van der Waals surface area contributed by atoms with Crippen molar-refractivity contribution in [3.8, 4) is 0 Å². The molecule has 2 N–H and O–H groups in total. The first-order valence-electron chi connectivity index (χ1n) is 5.12. The molecule has 0 bridgehead atoms. The van der Waals surface area contributed by atoms with Crippen molar-refractivity contribution in [1.82, 2.24) is 9.78 Å². The fourth-order valence-corrected chi connectivity index (χ4v) is 2.48. The average molecular weight is 288 g/mol. The van der Waals surface area contributed by atoms with Crippen LogP contribution < -0.4 is 5.73 Å².